The number of ether oxygens (including phenoxy) is 1. The summed E-state index contributed by atoms with van der Waals surface area (Å²) in [5, 5.41) is 16.8. The Morgan fingerprint density at radius 1 is 1.13 bits per heavy atom. The summed E-state index contributed by atoms with van der Waals surface area (Å²) >= 11 is 0. The lowest BCUT2D eigenvalue weighted by molar-refractivity contribution is -0.138. The van der Waals surface area contributed by atoms with Crippen molar-refractivity contribution < 1.29 is 24.5 Å². The molecule has 0 rings (SSSR count). The van der Waals surface area contributed by atoms with Crippen LogP contribution in [0.2, 0.25) is 0 Å². The Morgan fingerprint density at radius 3 is 2.27 bits per heavy atom. The average molecular weight is 218 g/mol. The first-order valence-corrected chi connectivity index (χ1v) is 5.07. The van der Waals surface area contributed by atoms with E-state index < -0.39 is 11.9 Å². The number of hydrogen-bond acceptors (Lipinski definition) is 3. The second-order valence-corrected chi connectivity index (χ2v) is 3.46. The van der Waals surface area contributed by atoms with Crippen molar-refractivity contribution in [1.82, 2.24) is 0 Å². The van der Waals surface area contributed by atoms with E-state index in [0.717, 1.165) is 0 Å². The van der Waals surface area contributed by atoms with Gasteiger partial charge in [0.05, 0.1) is 6.10 Å². The van der Waals surface area contributed by atoms with Crippen LogP contribution < -0.4 is 0 Å². The van der Waals surface area contributed by atoms with Crippen LogP contribution in [-0.4, -0.2) is 34.9 Å². The zero-order valence-electron chi connectivity index (χ0n) is 8.94. The summed E-state index contributed by atoms with van der Waals surface area (Å²) < 4.78 is 5.32. The lowest BCUT2D eigenvalue weighted by Gasteiger charge is -2.11. The normalized spacial score (nSPS) is 12.3. The highest BCUT2D eigenvalue weighted by Gasteiger charge is 2.05. The van der Waals surface area contributed by atoms with Gasteiger partial charge in [-0.3, -0.25) is 9.59 Å². The molecule has 0 bridgehead atoms. The molecular formula is C10H18O5. The molecule has 2 N–H and O–H groups in total. The maximum atomic E-state index is 10.2. The second-order valence-electron chi connectivity index (χ2n) is 3.46. The topological polar surface area (TPSA) is 83.8 Å². The van der Waals surface area contributed by atoms with Gasteiger partial charge < -0.3 is 14.9 Å². The predicted molar refractivity (Wildman–Crippen MR) is 53.8 cm³/mol. The van der Waals surface area contributed by atoms with E-state index in [1.807, 2.05) is 6.92 Å². The number of carbonyl (C=O) groups is 2. The zero-order valence-corrected chi connectivity index (χ0v) is 8.94. The standard InChI is InChI=1S/C10H18O5/c1-8(5-6-10(13)14)15-7-3-2-4-9(11)12/h8H,2-7H2,1H3,(H,11,12)(H,13,14). The van der Waals surface area contributed by atoms with Gasteiger partial charge in [-0.2, -0.15) is 0 Å². The van der Waals surface area contributed by atoms with Gasteiger partial charge in [-0.25, -0.2) is 0 Å². The molecule has 0 saturated heterocycles. The molecule has 5 nitrogen and oxygen atoms in total. The van der Waals surface area contributed by atoms with E-state index in [-0.39, 0.29) is 18.9 Å². The van der Waals surface area contributed by atoms with E-state index in [0.29, 0.717) is 25.9 Å². The summed E-state index contributed by atoms with van der Waals surface area (Å²) in [5.41, 5.74) is 0. The summed E-state index contributed by atoms with van der Waals surface area (Å²) in [5.74, 6) is -1.62. The molecular weight excluding hydrogens is 200 g/mol. The van der Waals surface area contributed by atoms with Gasteiger partial charge in [0.15, 0.2) is 0 Å². The molecule has 0 spiro atoms. The van der Waals surface area contributed by atoms with Gasteiger partial charge in [0, 0.05) is 19.4 Å². The predicted octanol–water partition coefficient (Wildman–Crippen LogP) is 1.51. The minimum atomic E-state index is -0.823. The van der Waals surface area contributed by atoms with Crippen LogP contribution in [0, 0.1) is 0 Å². The van der Waals surface area contributed by atoms with Gasteiger partial charge in [0.1, 0.15) is 0 Å². The van der Waals surface area contributed by atoms with Crippen LogP contribution in [0.4, 0.5) is 0 Å². The molecule has 0 heterocycles. The van der Waals surface area contributed by atoms with Crippen molar-refractivity contribution in [2.45, 2.75) is 45.1 Å². The highest BCUT2D eigenvalue weighted by atomic mass is 16.5. The van der Waals surface area contributed by atoms with Crippen LogP contribution >= 0.6 is 0 Å². The monoisotopic (exact) mass is 218 g/mol. The molecule has 1 atom stereocenters. The first-order valence-electron chi connectivity index (χ1n) is 5.07. The van der Waals surface area contributed by atoms with Gasteiger partial charge in [-0.15, -0.1) is 0 Å². The Bertz CT molecular complexity index is 202. The summed E-state index contributed by atoms with van der Waals surface area (Å²) in [7, 11) is 0. The van der Waals surface area contributed by atoms with Gasteiger partial charge in [0.2, 0.25) is 0 Å². The van der Waals surface area contributed by atoms with Crippen molar-refractivity contribution in [3.8, 4) is 0 Å². The fourth-order valence-corrected chi connectivity index (χ4v) is 1.07. The lowest BCUT2D eigenvalue weighted by atomic mass is 10.2. The molecule has 5 heteroatoms. The minimum absolute atomic E-state index is 0.0778. The van der Waals surface area contributed by atoms with Crippen LogP contribution in [0.3, 0.4) is 0 Å². The minimum Gasteiger partial charge on any atom is -0.481 e. The van der Waals surface area contributed by atoms with Gasteiger partial charge in [0.25, 0.3) is 0 Å². The first-order chi connectivity index (χ1) is 7.02. The number of carboxylic acid groups (broad SMARTS) is 2. The fraction of sp³-hybridized carbons (Fsp3) is 0.800. The van der Waals surface area contributed by atoms with Crippen molar-refractivity contribution in [2.24, 2.45) is 0 Å². The molecule has 0 aliphatic heterocycles. The number of rotatable bonds is 9. The maximum Gasteiger partial charge on any atom is 0.303 e. The first kappa shape index (κ1) is 13.9. The molecule has 0 aromatic rings. The van der Waals surface area contributed by atoms with Crippen LogP contribution in [-0.2, 0) is 14.3 Å². The van der Waals surface area contributed by atoms with E-state index in [2.05, 4.69) is 0 Å². The third kappa shape index (κ3) is 10.8. The molecule has 0 fully saturated rings. The highest BCUT2D eigenvalue weighted by molar-refractivity contribution is 5.66. The second kappa shape index (κ2) is 8.23. The number of carboxylic acids is 2. The van der Waals surface area contributed by atoms with Crippen molar-refractivity contribution >= 4 is 11.9 Å². The lowest BCUT2D eigenvalue weighted by Crippen LogP contribution is -2.11. The molecule has 0 aromatic carbocycles. The largest absolute Gasteiger partial charge is 0.481 e. The van der Waals surface area contributed by atoms with Crippen LogP contribution in [0.15, 0.2) is 0 Å². The molecule has 0 saturated carbocycles. The van der Waals surface area contributed by atoms with Crippen molar-refractivity contribution in [2.75, 3.05) is 6.61 Å². The maximum absolute atomic E-state index is 10.2. The number of hydrogen-bond donors (Lipinski definition) is 2. The fourth-order valence-electron chi connectivity index (χ4n) is 1.07. The van der Waals surface area contributed by atoms with E-state index in [4.69, 9.17) is 14.9 Å². The number of aliphatic carboxylic acids is 2. The summed E-state index contributed by atoms with van der Waals surface area (Å²) in [6, 6.07) is 0. The van der Waals surface area contributed by atoms with E-state index in [1.165, 1.54) is 0 Å². The molecule has 88 valence electrons. The van der Waals surface area contributed by atoms with Crippen molar-refractivity contribution in [3.63, 3.8) is 0 Å². The zero-order chi connectivity index (χ0) is 11.7. The molecule has 15 heavy (non-hydrogen) atoms. The Balaban J connectivity index is 3.27. The van der Waals surface area contributed by atoms with E-state index in [1.54, 1.807) is 0 Å². The molecule has 0 aromatic heterocycles. The van der Waals surface area contributed by atoms with E-state index >= 15 is 0 Å². The van der Waals surface area contributed by atoms with E-state index in [9.17, 15) is 9.59 Å². The smallest absolute Gasteiger partial charge is 0.303 e. The Kier molecular flexibility index (Phi) is 7.62. The van der Waals surface area contributed by atoms with Gasteiger partial charge in [-0.05, 0) is 26.2 Å². The summed E-state index contributed by atoms with van der Waals surface area (Å²) in [4.78, 5) is 20.4. The Morgan fingerprint density at radius 2 is 1.73 bits per heavy atom. The third-order valence-electron chi connectivity index (χ3n) is 1.95. The molecule has 1 unspecified atom stereocenters. The molecule has 0 radical (unpaired) electrons. The van der Waals surface area contributed by atoms with Crippen LogP contribution in [0.1, 0.15) is 39.0 Å². The van der Waals surface area contributed by atoms with Gasteiger partial charge >= 0.3 is 11.9 Å². The van der Waals surface area contributed by atoms with Crippen molar-refractivity contribution in [1.29, 1.82) is 0 Å². The molecule has 0 amide bonds. The summed E-state index contributed by atoms with van der Waals surface area (Å²) in [6.07, 6.45) is 1.98. The molecule has 0 aliphatic rings. The van der Waals surface area contributed by atoms with Crippen molar-refractivity contribution in [3.05, 3.63) is 0 Å². The van der Waals surface area contributed by atoms with Crippen LogP contribution in [0.5, 0.6) is 0 Å². The Labute approximate surface area is 89.0 Å². The SMILES string of the molecule is CC(CCC(=O)O)OCCCCC(=O)O. The molecule has 0 aliphatic carbocycles. The third-order valence-corrected chi connectivity index (χ3v) is 1.95. The van der Waals surface area contributed by atoms with Crippen LogP contribution in [0.25, 0.3) is 0 Å². The average Bonchev–Trinajstić information content (AvgIpc) is 2.13. The van der Waals surface area contributed by atoms with Gasteiger partial charge in [-0.1, -0.05) is 0 Å². The summed E-state index contributed by atoms with van der Waals surface area (Å²) in [6.45, 7) is 2.31. The quantitative estimate of drug-likeness (QED) is 0.573. The highest BCUT2D eigenvalue weighted by Crippen LogP contribution is 2.04. The Hall–Kier alpha value is -1.10. The number of unbranched alkanes of at least 4 members (excludes halogenated alkanes) is 1.